The van der Waals surface area contributed by atoms with Crippen LogP contribution in [0.25, 0.3) is 0 Å². The van der Waals surface area contributed by atoms with Gasteiger partial charge in [-0.3, -0.25) is 0 Å². The smallest absolute Gasteiger partial charge is 0.0645 e. The molecule has 0 bridgehead atoms. The highest BCUT2D eigenvalue weighted by Gasteiger charge is 1.87. The van der Waals surface area contributed by atoms with Gasteiger partial charge in [0.2, 0.25) is 0 Å². The molecule has 0 aromatic heterocycles. The summed E-state index contributed by atoms with van der Waals surface area (Å²) < 4.78 is 0. The normalized spacial score (nSPS) is 8.83. The summed E-state index contributed by atoms with van der Waals surface area (Å²) in [4.78, 5) is 0. The van der Waals surface area contributed by atoms with Gasteiger partial charge in [-0.15, -0.1) is 0 Å². The molecule has 0 nitrogen and oxygen atoms in total. The second-order valence-corrected chi connectivity index (χ2v) is 3.21. The molecule has 1 heteroatoms. The fraction of sp³-hybridized carbons (Fsp3) is 0.273. The van der Waals surface area contributed by atoms with Crippen molar-refractivity contribution < 1.29 is 0 Å². The van der Waals surface area contributed by atoms with Gasteiger partial charge in [-0.05, 0) is 12.5 Å². The zero-order chi connectivity index (χ0) is 8.81. The standard InChI is InChI=1S/C11H11Br/c1-10-5-7-11(8-6-10)4-2-3-9-12/h5-8H,4,9H2,1H3. The lowest BCUT2D eigenvalue weighted by Crippen LogP contribution is -1.81. The first kappa shape index (κ1) is 9.35. The van der Waals surface area contributed by atoms with Crippen molar-refractivity contribution in [1.29, 1.82) is 0 Å². The van der Waals surface area contributed by atoms with Gasteiger partial charge in [-0.1, -0.05) is 57.6 Å². The molecule has 0 heterocycles. The highest BCUT2D eigenvalue weighted by atomic mass is 79.9. The van der Waals surface area contributed by atoms with Crippen LogP contribution in [0.5, 0.6) is 0 Å². The molecule has 1 rings (SSSR count). The summed E-state index contributed by atoms with van der Waals surface area (Å²) >= 11 is 3.26. The van der Waals surface area contributed by atoms with E-state index in [4.69, 9.17) is 0 Å². The highest BCUT2D eigenvalue weighted by molar-refractivity contribution is 9.09. The van der Waals surface area contributed by atoms with Gasteiger partial charge in [0.05, 0.1) is 5.33 Å². The van der Waals surface area contributed by atoms with Crippen LogP contribution in [-0.2, 0) is 6.42 Å². The van der Waals surface area contributed by atoms with Crippen molar-refractivity contribution >= 4 is 15.9 Å². The maximum absolute atomic E-state index is 3.26. The molecule has 12 heavy (non-hydrogen) atoms. The molecule has 0 N–H and O–H groups in total. The van der Waals surface area contributed by atoms with Gasteiger partial charge in [0, 0.05) is 6.42 Å². The summed E-state index contributed by atoms with van der Waals surface area (Å²) in [6, 6.07) is 8.48. The van der Waals surface area contributed by atoms with Crippen LogP contribution in [-0.4, -0.2) is 5.33 Å². The minimum Gasteiger partial charge on any atom is -0.0976 e. The Hall–Kier alpha value is -0.740. The Morgan fingerprint density at radius 1 is 1.17 bits per heavy atom. The molecular weight excluding hydrogens is 212 g/mol. The summed E-state index contributed by atoms with van der Waals surface area (Å²) in [6.07, 6.45) is 0.853. The van der Waals surface area contributed by atoms with Gasteiger partial charge < -0.3 is 0 Å². The molecular formula is C11H11Br. The fourth-order valence-electron chi connectivity index (χ4n) is 0.918. The van der Waals surface area contributed by atoms with Crippen LogP contribution in [0, 0.1) is 18.8 Å². The SMILES string of the molecule is Cc1ccc(CC#CCBr)cc1. The molecule has 1 aromatic carbocycles. The number of halogens is 1. The van der Waals surface area contributed by atoms with E-state index in [2.05, 4.69) is 59.0 Å². The number of aryl methyl sites for hydroxylation is 1. The lowest BCUT2D eigenvalue weighted by Gasteiger charge is -1.94. The van der Waals surface area contributed by atoms with Crippen LogP contribution in [0.2, 0.25) is 0 Å². The third kappa shape index (κ3) is 3.11. The molecule has 0 unspecified atom stereocenters. The average molecular weight is 223 g/mol. The van der Waals surface area contributed by atoms with E-state index in [0.29, 0.717) is 0 Å². The monoisotopic (exact) mass is 222 g/mol. The van der Waals surface area contributed by atoms with Crippen molar-refractivity contribution in [3.8, 4) is 11.8 Å². The summed E-state index contributed by atoms with van der Waals surface area (Å²) in [5, 5.41) is 0.763. The molecule has 0 aliphatic rings. The maximum Gasteiger partial charge on any atom is 0.0645 e. The molecule has 0 radical (unpaired) electrons. The van der Waals surface area contributed by atoms with E-state index >= 15 is 0 Å². The second-order valence-electron chi connectivity index (χ2n) is 2.65. The third-order valence-electron chi connectivity index (χ3n) is 1.60. The lowest BCUT2D eigenvalue weighted by molar-refractivity contribution is 1.30. The topological polar surface area (TPSA) is 0 Å². The van der Waals surface area contributed by atoms with E-state index in [0.717, 1.165) is 11.8 Å². The highest BCUT2D eigenvalue weighted by Crippen LogP contribution is 2.02. The number of rotatable bonds is 1. The molecule has 0 saturated heterocycles. The molecule has 0 fully saturated rings. The van der Waals surface area contributed by atoms with Crippen LogP contribution < -0.4 is 0 Å². The Kier molecular flexibility index (Phi) is 3.90. The number of alkyl halides is 1. The fourth-order valence-corrected chi connectivity index (χ4v) is 1.12. The van der Waals surface area contributed by atoms with Crippen LogP contribution >= 0.6 is 15.9 Å². The van der Waals surface area contributed by atoms with E-state index < -0.39 is 0 Å². The minimum absolute atomic E-state index is 0.763. The van der Waals surface area contributed by atoms with Crippen molar-refractivity contribution in [2.45, 2.75) is 13.3 Å². The van der Waals surface area contributed by atoms with E-state index in [1.54, 1.807) is 0 Å². The van der Waals surface area contributed by atoms with Crippen LogP contribution in [0.1, 0.15) is 11.1 Å². The lowest BCUT2D eigenvalue weighted by atomic mass is 10.1. The largest absolute Gasteiger partial charge is 0.0976 e. The average Bonchev–Trinajstić information content (AvgIpc) is 2.09. The van der Waals surface area contributed by atoms with Crippen molar-refractivity contribution in [1.82, 2.24) is 0 Å². The van der Waals surface area contributed by atoms with Crippen LogP contribution in [0.3, 0.4) is 0 Å². The van der Waals surface area contributed by atoms with Crippen LogP contribution in [0.15, 0.2) is 24.3 Å². The summed E-state index contributed by atoms with van der Waals surface area (Å²) in [7, 11) is 0. The first-order chi connectivity index (χ1) is 5.83. The van der Waals surface area contributed by atoms with Gasteiger partial charge in [-0.2, -0.15) is 0 Å². The number of benzene rings is 1. The summed E-state index contributed by atoms with van der Waals surface area (Å²) in [5.74, 6) is 6.05. The van der Waals surface area contributed by atoms with Crippen molar-refractivity contribution in [2.24, 2.45) is 0 Å². The molecule has 0 amide bonds. The molecule has 0 spiro atoms. The maximum atomic E-state index is 3.26. The van der Waals surface area contributed by atoms with E-state index in [-0.39, 0.29) is 0 Å². The predicted molar refractivity (Wildman–Crippen MR) is 56.5 cm³/mol. The Bertz CT molecular complexity index is 287. The zero-order valence-electron chi connectivity index (χ0n) is 7.10. The number of hydrogen-bond donors (Lipinski definition) is 0. The predicted octanol–water partition coefficient (Wildman–Crippen LogP) is 2.94. The molecule has 0 aliphatic heterocycles. The quantitative estimate of drug-likeness (QED) is 0.507. The van der Waals surface area contributed by atoms with E-state index in [1.165, 1.54) is 11.1 Å². The van der Waals surface area contributed by atoms with Gasteiger partial charge in [0.25, 0.3) is 0 Å². The van der Waals surface area contributed by atoms with Gasteiger partial charge in [0.1, 0.15) is 0 Å². The van der Waals surface area contributed by atoms with Crippen LogP contribution in [0.4, 0.5) is 0 Å². The van der Waals surface area contributed by atoms with E-state index in [1.807, 2.05) is 0 Å². The van der Waals surface area contributed by atoms with Gasteiger partial charge in [-0.25, -0.2) is 0 Å². The van der Waals surface area contributed by atoms with Crippen molar-refractivity contribution in [3.63, 3.8) is 0 Å². The van der Waals surface area contributed by atoms with Gasteiger partial charge in [0.15, 0.2) is 0 Å². The summed E-state index contributed by atoms with van der Waals surface area (Å²) in [5.41, 5.74) is 2.58. The Labute approximate surface area is 82.1 Å². The Morgan fingerprint density at radius 2 is 1.83 bits per heavy atom. The Morgan fingerprint density at radius 3 is 2.42 bits per heavy atom. The van der Waals surface area contributed by atoms with Gasteiger partial charge >= 0.3 is 0 Å². The van der Waals surface area contributed by atoms with Crippen molar-refractivity contribution in [2.75, 3.05) is 5.33 Å². The molecule has 62 valence electrons. The zero-order valence-corrected chi connectivity index (χ0v) is 8.69. The number of hydrogen-bond acceptors (Lipinski definition) is 0. The summed E-state index contributed by atoms with van der Waals surface area (Å²) in [6.45, 7) is 2.09. The molecule has 1 aromatic rings. The Balaban J connectivity index is 2.59. The van der Waals surface area contributed by atoms with E-state index in [9.17, 15) is 0 Å². The molecule has 0 atom stereocenters. The first-order valence-electron chi connectivity index (χ1n) is 3.90. The second kappa shape index (κ2) is 5.00. The molecule has 0 aliphatic carbocycles. The first-order valence-corrected chi connectivity index (χ1v) is 5.02. The third-order valence-corrected chi connectivity index (χ3v) is 1.89. The van der Waals surface area contributed by atoms with Crippen molar-refractivity contribution in [3.05, 3.63) is 35.4 Å². The minimum atomic E-state index is 0.763. The molecule has 0 saturated carbocycles.